The number of pyridine rings is 1. The first-order valence-electron chi connectivity index (χ1n) is 7.09. The molecule has 4 N–H and O–H groups in total. The van der Waals surface area contributed by atoms with Crippen molar-refractivity contribution in [3.05, 3.63) is 42.1 Å². The molecule has 1 aromatic heterocycles. The molecule has 3 atom stereocenters. The van der Waals surface area contributed by atoms with Crippen molar-refractivity contribution in [2.24, 2.45) is 5.73 Å². The van der Waals surface area contributed by atoms with Crippen LogP contribution in [-0.4, -0.2) is 28.8 Å². The summed E-state index contributed by atoms with van der Waals surface area (Å²) in [7, 11) is 0. The number of para-hydroxylation sites is 1. The fraction of sp³-hybridized carbons (Fsp3) is 0.438. The van der Waals surface area contributed by atoms with Crippen molar-refractivity contribution in [2.45, 2.75) is 38.5 Å². The molecule has 4 nitrogen and oxygen atoms in total. The second-order valence-electron chi connectivity index (χ2n) is 5.36. The van der Waals surface area contributed by atoms with E-state index in [1.807, 2.05) is 12.1 Å². The number of hydrogen-bond donors (Lipinski definition) is 3. The Balaban J connectivity index is 2.25. The largest absolute Gasteiger partial charge is 0.393 e. The smallest absolute Gasteiger partial charge is 0.0750 e. The number of nitrogens with zero attached hydrogens (tertiary/aromatic N) is 1. The molecule has 0 aliphatic heterocycles. The van der Waals surface area contributed by atoms with E-state index in [4.69, 9.17) is 5.73 Å². The lowest BCUT2D eigenvalue weighted by Gasteiger charge is -2.24. The lowest BCUT2D eigenvalue weighted by atomic mass is 10.0. The molecule has 1 heterocycles. The second kappa shape index (κ2) is 6.79. The monoisotopic (exact) mass is 273 g/mol. The van der Waals surface area contributed by atoms with Gasteiger partial charge < -0.3 is 16.2 Å². The van der Waals surface area contributed by atoms with Gasteiger partial charge in [0.05, 0.1) is 11.6 Å². The molecule has 0 bridgehead atoms. The third kappa shape index (κ3) is 3.54. The van der Waals surface area contributed by atoms with E-state index in [9.17, 15) is 5.11 Å². The molecule has 4 heteroatoms. The third-order valence-corrected chi connectivity index (χ3v) is 3.46. The highest BCUT2D eigenvalue weighted by atomic mass is 16.3. The van der Waals surface area contributed by atoms with E-state index < -0.39 is 0 Å². The fourth-order valence-corrected chi connectivity index (χ4v) is 2.62. The highest BCUT2D eigenvalue weighted by Crippen LogP contribution is 2.22. The molecule has 0 saturated carbocycles. The quantitative estimate of drug-likeness (QED) is 0.752. The maximum Gasteiger partial charge on any atom is 0.0750 e. The highest BCUT2D eigenvalue weighted by molar-refractivity contribution is 5.82. The Morgan fingerprint density at radius 2 is 2.00 bits per heavy atom. The van der Waals surface area contributed by atoms with E-state index in [2.05, 4.69) is 35.4 Å². The van der Waals surface area contributed by atoms with Gasteiger partial charge in [-0.1, -0.05) is 24.3 Å². The van der Waals surface area contributed by atoms with Crippen molar-refractivity contribution >= 4 is 10.9 Å². The van der Waals surface area contributed by atoms with Gasteiger partial charge in [-0.2, -0.15) is 0 Å². The Hall–Kier alpha value is -1.49. The van der Waals surface area contributed by atoms with E-state index in [1.165, 1.54) is 0 Å². The summed E-state index contributed by atoms with van der Waals surface area (Å²) in [5.74, 6) is 0. The molecule has 0 aliphatic rings. The molecule has 1 aromatic carbocycles. The van der Waals surface area contributed by atoms with Gasteiger partial charge in [-0.25, -0.2) is 0 Å². The van der Waals surface area contributed by atoms with Gasteiger partial charge in [-0.15, -0.1) is 0 Å². The minimum atomic E-state index is -0.318. The zero-order valence-corrected chi connectivity index (χ0v) is 12.1. The number of nitrogens with two attached hydrogens (primary N) is 1. The summed E-state index contributed by atoms with van der Waals surface area (Å²) in [6.45, 7) is 4.36. The summed E-state index contributed by atoms with van der Waals surface area (Å²) in [5.41, 5.74) is 8.02. The van der Waals surface area contributed by atoms with Crippen LogP contribution in [0.3, 0.4) is 0 Å². The minimum Gasteiger partial charge on any atom is -0.393 e. The summed E-state index contributed by atoms with van der Waals surface area (Å²) in [6.07, 6.45) is 2.19. The molecule has 0 aliphatic carbocycles. The first-order chi connectivity index (χ1) is 9.61. The molecule has 2 aromatic rings. The molecule has 0 amide bonds. The molecule has 3 unspecified atom stereocenters. The Morgan fingerprint density at radius 3 is 2.70 bits per heavy atom. The average Bonchev–Trinajstić information content (AvgIpc) is 2.43. The topological polar surface area (TPSA) is 71.2 Å². The fourth-order valence-electron chi connectivity index (χ4n) is 2.62. The standard InChI is InChI=1S/C16H23N3O/c1-11(9-12(2)20)19-15(10-17)14-7-3-5-13-6-4-8-18-16(13)14/h3-8,11-12,15,19-20H,9-10,17H2,1-2H3. The van der Waals surface area contributed by atoms with Crippen molar-refractivity contribution in [3.63, 3.8) is 0 Å². The van der Waals surface area contributed by atoms with Gasteiger partial charge >= 0.3 is 0 Å². The van der Waals surface area contributed by atoms with Gasteiger partial charge in [0.15, 0.2) is 0 Å². The van der Waals surface area contributed by atoms with Gasteiger partial charge in [0.2, 0.25) is 0 Å². The lowest BCUT2D eigenvalue weighted by molar-refractivity contribution is 0.168. The summed E-state index contributed by atoms with van der Waals surface area (Å²) < 4.78 is 0. The third-order valence-electron chi connectivity index (χ3n) is 3.46. The van der Waals surface area contributed by atoms with Crippen LogP contribution in [0.1, 0.15) is 31.9 Å². The normalized spacial score (nSPS) is 16.0. The molecule has 0 saturated heterocycles. The molecule has 2 rings (SSSR count). The maximum atomic E-state index is 9.47. The molecule has 0 spiro atoms. The number of hydrogen-bond acceptors (Lipinski definition) is 4. The zero-order chi connectivity index (χ0) is 14.5. The van der Waals surface area contributed by atoms with Crippen LogP contribution in [0.15, 0.2) is 36.5 Å². The predicted octanol–water partition coefficient (Wildman–Crippen LogP) is 1.98. The second-order valence-corrected chi connectivity index (χ2v) is 5.36. The number of rotatable bonds is 6. The zero-order valence-electron chi connectivity index (χ0n) is 12.1. The number of fused-ring (bicyclic) bond motifs is 1. The first kappa shape index (κ1) is 14.9. The number of aliphatic hydroxyl groups is 1. The van der Waals surface area contributed by atoms with Crippen LogP contribution in [0.4, 0.5) is 0 Å². The van der Waals surface area contributed by atoms with Crippen LogP contribution >= 0.6 is 0 Å². The van der Waals surface area contributed by atoms with Gasteiger partial charge in [-0.05, 0) is 31.9 Å². The average molecular weight is 273 g/mol. The Morgan fingerprint density at radius 1 is 1.25 bits per heavy atom. The van der Waals surface area contributed by atoms with Crippen LogP contribution in [0, 0.1) is 0 Å². The maximum absolute atomic E-state index is 9.47. The van der Waals surface area contributed by atoms with Crippen LogP contribution in [0.25, 0.3) is 10.9 Å². The van der Waals surface area contributed by atoms with Crippen molar-refractivity contribution in [1.82, 2.24) is 10.3 Å². The van der Waals surface area contributed by atoms with Gasteiger partial charge in [0.25, 0.3) is 0 Å². The van der Waals surface area contributed by atoms with Crippen LogP contribution in [-0.2, 0) is 0 Å². The molecule has 0 fully saturated rings. The number of nitrogens with one attached hydrogen (secondary N) is 1. The van der Waals surface area contributed by atoms with Crippen molar-refractivity contribution < 1.29 is 5.11 Å². The highest BCUT2D eigenvalue weighted by Gasteiger charge is 2.16. The van der Waals surface area contributed by atoms with E-state index in [0.717, 1.165) is 16.5 Å². The molecular weight excluding hydrogens is 250 g/mol. The lowest BCUT2D eigenvalue weighted by Crippen LogP contribution is -2.36. The number of benzene rings is 1. The molecule has 108 valence electrons. The SMILES string of the molecule is CC(O)CC(C)NC(CN)c1cccc2cccnc12. The molecular formula is C16H23N3O. The Kier molecular flexibility index (Phi) is 5.06. The van der Waals surface area contributed by atoms with Crippen LogP contribution in [0.2, 0.25) is 0 Å². The Bertz CT molecular complexity index is 551. The van der Waals surface area contributed by atoms with Crippen molar-refractivity contribution in [3.8, 4) is 0 Å². The van der Waals surface area contributed by atoms with Crippen LogP contribution < -0.4 is 11.1 Å². The number of aromatic nitrogens is 1. The van der Waals surface area contributed by atoms with E-state index in [0.29, 0.717) is 13.0 Å². The summed E-state index contributed by atoms with van der Waals surface area (Å²) in [5, 5.41) is 14.1. The van der Waals surface area contributed by atoms with Crippen molar-refractivity contribution in [2.75, 3.05) is 6.54 Å². The van der Waals surface area contributed by atoms with Gasteiger partial charge in [-0.3, -0.25) is 4.98 Å². The Labute approximate surface area is 120 Å². The van der Waals surface area contributed by atoms with E-state index >= 15 is 0 Å². The number of aliphatic hydroxyl groups excluding tert-OH is 1. The van der Waals surface area contributed by atoms with E-state index in [1.54, 1.807) is 13.1 Å². The summed E-state index contributed by atoms with van der Waals surface area (Å²) in [6, 6.07) is 10.4. The van der Waals surface area contributed by atoms with Crippen molar-refractivity contribution in [1.29, 1.82) is 0 Å². The predicted molar refractivity (Wildman–Crippen MR) is 82.4 cm³/mol. The first-order valence-corrected chi connectivity index (χ1v) is 7.09. The summed E-state index contributed by atoms with van der Waals surface area (Å²) >= 11 is 0. The van der Waals surface area contributed by atoms with Gasteiger partial charge in [0, 0.05) is 30.2 Å². The van der Waals surface area contributed by atoms with Crippen LogP contribution in [0.5, 0.6) is 0 Å². The molecule has 20 heavy (non-hydrogen) atoms. The van der Waals surface area contributed by atoms with E-state index in [-0.39, 0.29) is 18.2 Å². The summed E-state index contributed by atoms with van der Waals surface area (Å²) in [4.78, 5) is 4.47. The van der Waals surface area contributed by atoms with Gasteiger partial charge in [0.1, 0.15) is 0 Å². The molecule has 0 radical (unpaired) electrons. The minimum absolute atomic E-state index is 0.0438.